The number of carbonyl (C=O) groups is 1. The lowest BCUT2D eigenvalue weighted by Crippen LogP contribution is -2.13. The molecule has 21 heavy (non-hydrogen) atoms. The van der Waals surface area contributed by atoms with E-state index in [1.165, 1.54) is 12.1 Å². The van der Waals surface area contributed by atoms with Gasteiger partial charge in [0.25, 0.3) is 0 Å². The molecule has 106 valence electrons. The highest BCUT2D eigenvalue weighted by atomic mass is 19.1. The topological polar surface area (TPSA) is 78.9 Å². The van der Waals surface area contributed by atoms with Crippen LogP contribution in [0.3, 0.4) is 0 Å². The minimum atomic E-state index is -0.616. The number of nitrogens with one attached hydrogen (secondary N) is 1. The molecule has 2 rings (SSSR count). The third kappa shape index (κ3) is 4.05. The number of hydrogen-bond acceptors (Lipinski definition) is 3. The lowest BCUT2D eigenvalue weighted by atomic mass is 10.1. The maximum Gasteiger partial charge on any atom is 0.224 e. The lowest BCUT2D eigenvalue weighted by molar-refractivity contribution is -0.116. The van der Waals surface area contributed by atoms with E-state index in [2.05, 4.69) is 5.32 Å². The molecule has 0 unspecified atom stereocenters. The van der Waals surface area contributed by atoms with Gasteiger partial charge in [0.1, 0.15) is 5.82 Å². The van der Waals surface area contributed by atoms with Crippen LogP contribution in [-0.2, 0) is 11.2 Å². The van der Waals surface area contributed by atoms with Gasteiger partial charge in [-0.3, -0.25) is 4.79 Å². The van der Waals surface area contributed by atoms with Gasteiger partial charge in [-0.1, -0.05) is 12.1 Å². The smallest absolute Gasteiger partial charge is 0.224 e. The van der Waals surface area contributed by atoms with Gasteiger partial charge in [-0.2, -0.15) is 5.26 Å². The molecule has 1 amide bonds. The molecule has 0 fully saturated rings. The van der Waals surface area contributed by atoms with Gasteiger partial charge < -0.3 is 11.1 Å². The second-order valence-corrected chi connectivity index (χ2v) is 4.60. The van der Waals surface area contributed by atoms with Gasteiger partial charge in [0, 0.05) is 12.1 Å². The number of nitrogen functional groups attached to an aromatic ring is 1. The lowest BCUT2D eigenvalue weighted by Gasteiger charge is -2.07. The normalized spacial score (nSPS) is 9.90. The Morgan fingerprint density at radius 3 is 2.57 bits per heavy atom. The zero-order chi connectivity index (χ0) is 15.2. The van der Waals surface area contributed by atoms with Gasteiger partial charge in [-0.25, -0.2) is 4.39 Å². The van der Waals surface area contributed by atoms with Crippen molar-refractivity contribution in [3.8, 4) is 6.07 Å². The van der Waals surface area contributed by atoms with Crippen molar-refractivity contribution >= 4 is 17.3 Å². The van der Waals surface area contributed by atoms with Crippen molar-refractivity contribution in [1.82, 2.24) is 0 Å². The molecule has 3 N–H and O–H groups in total. The molecular weight excluding hydrogens is 269 g/mol. The Balaban J connectivity index is 1.93. The first kappa shape index (κ1) is 14.5. The van der Waals surface area contributed by atoms with Gasteiger partial charge in [0.05, 0.1) is 17.3 Å². The summed E-state index contributed by atoms with van der Waals surface area (Å²) in [6.45, 7) is 0. The number of nitriles is 1. The SMILES string of the molecule is N#Cc1ccc(NC(=O)CCc2ccc(N)cc2)c(F)c1. The molecule has 5 heteroatoms. The number of rotatable bonds is 4. The van der Waals surface area contributed by atoms with E-state index >= 15 is 0 Å². The highest BCUT2D eigenvalue weighted by molar-refractivity contribution is 5.91. The third-order valence-corrected chi connectivity index (χ3v) is 2.99. The van der Waals surface area contributed by atoms with Crippen molar-refractivity contribution in [3.05, 3.63) is 59.4 Å². The summed E-state index contributed by atoms with van der Waals surface area (Å²) in [6.07, 6.45) is 0.785. The third-order valence-electron chi connectivity index (χ3n) is 2.99. The maximum absolute atomic E-state index is 13.6. The van der Waals surface area contributed by atoms with E-state index < -0.39 is 5.82 Å². The highest BCUT2D eigenvalue weighted by Crippen LogP contribution is 2.16. The first-order valence-electron chi connectivity index (χ1n) is 6.42. The van der Waals surface area contributed by atoms with Crippen LogP contribution in [0.2, 0.25) is 0 Å². The summed E-state index contributed by atoms with van der Waals surface area (Å²) in [7, 11) is 0. The molecule has 0 aliphatic heterocycles. The van der Waals surface area contributed by atoms with Crippen LogP contribution in [0.25, 0.3) is 0 Å². The maximum atomic E-state index is 13.6. The van der Waals surface area contributed by atoms with E-state index in [1.807, 2.05) is 18.2 Å². The molecule has 2 aromatic rings. The van der Waals surface area contributed by atoms with Crippen molar-refractivity contribution in [1.29, 1.82) is 5.26 Å². The summed E-state index contributed by atoms with van der Waals surface area (Å²) < 4.78 is 13.6. The molecule has 4 nitrogen and oxygen atoms in total. The van der Waals surface area contributed by atoms with Gasteiger partial charge in [0.2, 0.25) is 5.91 Å². The Kier molecular flexibility index (Phi) is 4.52. The number of benzene rings is 2. The fraction of sp³-hybridized carbons (Fsp3) is 0.125. The fourth-order valence-corrected chi connectivity index (χ4v) is 1.84. The van der Waals surface area contributed by atoms with E-state index in [0.29, 0.717) is 12.1 Å². The molecule has 0 radical (unpaired) electrons. The van der Waals surface area contributed by atoms with Crippen LogP contribution >= 0.6 is 0 Å². The molecule has 0 aromatic heterocycles. The molecule has 0 saturated carbocycles. The summed E-state index contributed by atoms with van der Waals surface area (Å²) in [4.78, 5) is 11.8. The van der Waals surface area contributed by atoms with Gasteiger partial charge >= 0.3 is 0 Å². The minimum Gasteiger partial charge on any atom is -0.399 e. The number of amides is 1. The molecule has 0 heterocycles. The summed E-state index contributed by atoms with van der Waals surface area (Å²) in [6, 6.07) is 13.0. The average molecular weight is 283 g/mol. The quantitative estimate of drug-likeness (QED) is 0.847. The Hall–Kier alpha value is -2.87. The molecule has 0 bridgehead atoms. The summed E-state index contributed by atoms with van der Waals surface area (Å²) >= 11 is 0. The monoisotopic (exact) mass is 283 g/mol. The second kappa shape index (κ2) is 6.53. The highest BCUT2D eigenvalue weighted by Gasteiger charge is 2.08. The molecule has 0 aliphatic carbocycles. The summed E-state index contributed by atoms with van der Waals surface area (Å²) in [5.74, 6) is -0.898. The first-order chi connectivity index (χ1) is 10.1. The van der Waals surface area contributed by atoms with Crippen LogP contribution in [0.5, 0.6) is 0 Å². The van der Waals surface area contributed by atoms with Crippen molar-refractivity contribution < 1.29 is 9.18 Å². The van der Waals surface area contributed by atoms with Gasteiger partial charge in [-0.05, 0) is 42.3 Å². The van der Waals surface area contributed by atoms with Crippen LogP contribution < -0.4 is 11.1 Å². The first-order valence-corrected chi connectivity index (χ1v) is 6.42. The largest absolute Gasteiger partial charge is 0.399 e. The molecule has 0 aliphatic rings. The second-order valence-electron chi connectivity index (χ2n) is 4.60. The van der Waals surface area contributed by atoms with Gasteiger partial charge in [0.15, 0.2) is 0 Å². The molecule has 0 saturated heterocycles. The van der Waals surface area contributed by atoms with E-state index in [4.69, 9.17) is 11.0 Å². The Morgan fingerprint density at radius 1 is 1.24 bits per heavy atom. The van der Waals surface area contributed by atoms with Crippen LogP contribution in [0.15, 0.2) is 42.5 Å². The Bertz CT molecular complexity index is 690. The molecule has 0 spiro atoms. The predicted octanol–water partition coefficient (Wildman–Crippen LogP) is 2.85. The van der Waals surface area contributed by atoms with Crippen LogP contribution in [0.1, 0.15) is 17.5 Å². The zero-order valence-electron chi connectivity index (χ0n) is 11.3. The number of nitrogens with zero attached hydrogens (tertiary/aromatic N) is 1. The van der Waals surface area contributed by atoms with Crippen LogP contribution in [0, 0.1) is 17.1 Å². The standard InChI is InChI=1S/C16H14FN3O/c17-14-9-12(10-18)3-7-15(14)20-16(21)8-4-11-1-5-13(19)6-2-11/h1-3,5-7,9H,4,8,19H2,(H,20,21). The van der Waals surface area contributed by atoms with Crippen LogP contribution in [0.4, 0.5) is 15.8 Å². The predicted molar refractivity (Wildman–Crippen MR) is 78.9 cm³/mol. The van der Waals surface area contributed by atoms with E-state index in [0.717, 1.165) is 11.6 Å². The minimum absolute atomic E-state index is 0.0799. The Morgan fingerprint density at radius 2 is 1.95 bits per heavy atom. The van der Waals surface area contributed by atoms with E-state index in [1.54, 1.807) is 12.1 Å². The zero-order valence-corrected chi connectivity index (χ0v) is 11.3. The molecule has 2 aromatic carbocycles. The number of halogens is 1. The van der Waals surface area contributed by atoms with Crippen LogP contribution in [-0.4, -0.2) is 5.91 Å². The van der Waals surface area contributed by atoms with Gasteiger partial charge in [-0.15, -0.1) is 0 Å². The van der Waals surface area contributed by atoms with Crippen molar-refractivity contribution in [2.45, 2.75) is 12.8 Å². The van der Waals surface area contributed by atoms with E-state index in [-0.39, 0.29) is 23.6 Å². The summed E-state index contributed by atoms with van der Waals surface area (Å²) in [5, 5.41) is 11.1. The number of nitrogens with two attached hydrogens (primary N) is 1. The average Bonchev–Trinajstić information content (AvgIpc) is 2.48. The van der Waals surface area contributed by atoms with Crippen molar-refractivity contribution in [2.24, 2.45) is 0 Å². The number of carbonyl (C=O) groups excluding carboxylic acids is 1. The molecule has 0 atom stereocenters. The van der Waals surface area contributed by atoms with Crippen molar-refractivity contribution in [2.75, 3.05) is 11.1 Å². The number of aryl methyl sites for hydroxylation is 1. The fourth-order valence-electron chi connectivity index (χ4n) is 1.84. The summed E-state index contributed by atoms with van der Waals surface area (Å²) in [5.41, 5.74) is 7.53. The van der Waals surface area contributed by atoms with E-state index in [9.17, 15) is 9.18 Å². The number of anilines is 2. The Labute approximate surface area is 122 Å². The number of hydrogen-bond donors (Lipinski definition) is 2. The molecular formula is C16H14FN3O. The van der Waals surface area contributed by atoms with Crippen molar-refractivity contribution in [3.63, 3.8) is 0 Å².